The van der Waals surface area contributed by atoms with Crippen molar-refractivity contribution in [2.24, 2.45) is 5.92 Å². The number of amides is 1. The Kier molecular flexibility index (Phi) is 5.96. The molecule has 0 N–H and O–H groups in total. The molecule has 0 saturated carbocycles. The maximum atomic E-state index is 13.0. The minimum absolute atomic E-state index is 0.0168. The van der Waals surface area contributed by atoms with E-state index in [0.29, 0.717) is 55.6 Å². The van der Waals surface area contributed by atoms with Gasteiger partial charge < -0.3 is 19.3 Å². The molecule has 2 aromatic rings. The summed E-state index contributed by atoms with van der Waals surface area (Å²) in [6.07, 6.45) is 1.30. The van der Waals surface area contributed by atoms with Crippen LogP contribution in [0.4, 0.5) is 10.7 Å². The number of hydrogen-bond donors (Lipinski definition) is 0. The van der Waals surface area contributed by atoms with Gasteiger partial charge in [0.2, 0.25) is 0 Å². The third-order valence-electron chi connectivity index (χ3n) is 5.25. The summed E-state index contributed by atoms with van der Waals surface area (Å²) in [5, 5.41) is 1.64. The van der Waals surface area contributed by atoms with E-state index in [9.17, 15) is 9.59 Å². The molecule has 1 amide bonds. The molecule has 1 aromatic carbocycles. The second kappa shape index (κ2) is 8.63. The molecule has 0 spiro atoms. The number of anilines is 2. The number of fused-ring (bicyclic) bond motifs is 1. The van der Waals surface area contributed by atoms with Crippen molar-refractivity contribution in [3.8, 4) is 5.75 Å². The molecule has 0 unspecified atom stereocenters. The topological polar surface area (TPSA) is 59.1 Å². The molecule has 1 saturated heterocycles. The highest BCUT2D eigenvalue weighted by Gasteiger charge is 2.30. The molecule has 0 radical (unpaired) electrons. The lowest BCUT2D eigenvalue weighted by molar-refractivity contribution is -0.149. The molecule has 2 aliphatic heterocycles. The largest absolute Gasteiger partial charge is 0.490 e. The van der Waals surface area contributed by atoms with Crippen LogP contribution in [0.5, 0.6) is 5.75 Å². The Morgan fingerprint density at radius 2 is 2.00 bits per heavy atom. The van der Waals surface area contributed by atoms with Gasteiger partial charge in [-0.3, -0.25) is 9.59 Å². The molecule has 8 heteroatoms. The number of nitrogens with zero attached hydrogens (tertiary/aromatic N) is 2. The summed E-state index contributed by atoms with van der Waals surface area (Å²) in [5.41, 5.74) is 0.917. The molecule has 3 heterocycles. The highest BCUT2D eigenvalue weighted by Crippen LogP contribution is 2.41. The van der Waals surface area contributed by atoms with Crippen molar-refractivity contribution >= 4 is 45.5 Å². The third-order valence-corrected chi connectivity index (χ3v) is 6.59. The van der Waals surface area contributed by atoms with Crippen LogP contribution < -0.4 is 9.64 Å². The summed E-state index contributed by atoms with van der Waals surface area (Å²) in [6, 6.07) is 9.42. The van der Waals surface area contributed by atoms with Crippen LogP contribution >= 0.6 is 22.9 Å². The lowest BCUT2D eigenvalue weighted by Crippen LogP contribution is -2.40. The Morgan fingerprint density at radius 3 is 2.76 bits per heavy atom. The Morgan fingerprint density at radius 1 is 1.21 bits per heavy atom. The van der Waals surface area contributed by atoms with Gasteiger partial charge in [-0.2, -0.15) is 0 Å². The highest BCUT2D eigenvalue weighted by atomic mass is 35.5. The van der Waals surface area contributed by atoms with Gasteiger partial charge in [-0.25, -0.2) is 0 Å². The van der Waals surface area contributed by atoms with Gasteiger partial charge in [0.1, 0.15) is 12.4 Å². The van der Waals surface area contributed by atoms with Gasteiger partial charge in [0, 0.05) is 18.1 Å². The van der Waals surface area contributed by atoms with Crippen LogP contribution in [0, 0.1) is 5.92 Å². The van der Waals surface area contributed by atoms with Crippen LogP contribution in [0.3, 0.4) is 0 Å². The average Bonchev–Trinajstić information content (AvgIpc) is 3.23. The first kappa shape index (κ1) is 20.0. The molecule has 2 aliphatic rings. The fourth-order valence-corrected chi connectivity index (χ4v) is 4.92. The number of piperidine rings is 1. The summed E-state index contributed by atoms with van der Waals surface area (Å²) >= 11 is 7.64. The average molecular weight is 435 g/mol. The zero-order valence-corrected chi connectivity index (χ0v) is 17.8. The van der Waals surface area contributed by atoms with E-state index in [0.717, 1.165) is 16.4 Å². The zero-order chi connectivity index (χ0) is 20.4. The number of benzene rings is 1. The Bertz CT molecular complexity index is 908. The number of ether oxygens (including phenoxy) is 2. The van der Waals surface area contributed by atoms with E-state index in [1.54, 1.807) is 0 Å². The fraction of sp³-hybridized carbons (Fsp3) is 0.429. The van der Waals surface area contributed by atoms with Crippen LogP contribution in [0.2, 0.25) is 5.02 Å². The summed E-state index contributed by atoms with van der Waals surface area (Å²) in [6.45, 7) is 4.64. The van der Waals surface area contributed by atoms with E-state index in [4.69, 9.17) is 21.1 Å². The van der Waals surface area contributed by atoms with Gasteiger partial charge in [0.15, 0.2) is 0 Å². The van der Waals surface area contributed by atoms with Crippen LogP contribution in [0.15, 0.2) is 30.3 Å². The number of carbonyl (C=O) groups excluding carboxylic acids is 2. The van der Waals surface area contributed by atoms with E-state index >= 15 is 0 Å². The van der Waals surface area contributed by atoms with Crippen molar-refractivity contribution in [2.45, 2.75) is 19.8 Å². The van der Waals surface area contributed by atoms with Crippen molar-refractivity contribution in [1.82, 2.24) is 4.90 Å². The number of halogens is 1. The second-order valence-corrected chi connectivity index (χ2v) is 8.57. The van der Waals surface area contributed by atoms with Crippen molar-refractivity contribution < 1.29 is 19.1 Å². The number of likely N-dealkylation sites (tertiary alicyclic amines) is 1. The fourth-order valence-electron chi connectivity index (χ4n) is 3.74. The molecule has 1 aromatic heterocycles. The summed E-state index contributed by atoms with van der Waals surface area (Å²) < 4.78 is 10.8. The quantitative estimate of drug-likeness (QED) is 0.669. The van der Waals surface area contributed by atoms with E-state index in [2.05, 4.69) is 4.90 Å². The van der Waals surface area contributed by atoms with Crippen LogP contribution in [0.25, 0.3) is 0 Å². The first-order valence-corrected chi connectivity index (χ1v) is 11.0. The van der Waals surface area contributed by atoms with Gasteiger partial charge >= 0.3 is 5.97 Å². The second-order valence-electron chi connectivity index (χ2n) is 7.07. The molecular formula is C21H23ClN2O4S. The molecular weight excluding hydrogens is 412 g/mol. The molecule has 6 nitrogen and oxygen atoms in total. The van der Waals surface area contributed by atoms with E-state index < -0.39 is 0 Å². The van der Waals surface area contributed by atoms with Crippen LogP contribution in [-0.4, -0.2) is 49.6 Å². The van der Waals surface area contributed by atoms with E-state index in [1.807, 2.05) is 42.2 Å². The number of esters is 1. The SMILES string of the molecule is CCOC(=O)C1CCN(C(=O)c2ccc(N3CCOc4ccc(Cl)cc43)s2)CC1. The highest BCUT2D eigenvalue weighted by molar-refractivity contribution is 7.18. The monoisotopic (exact) mass is 434 g/mol. The summed E-state index contributed by atoms with van der Waals surface area (Å²) in [5.74, 6) is 0.557. The first-order valence-electron chi connectivity index (χ1n) is 9.82. The van der Waals surface area contributed by atoms with Gasteiger partial charge in [0.25, 0.3) is 5.91 Å². The smallest absolute Gasteiger partial charge is 0.309 e. The van der Waals surface area contributed by atoms with Gasteiger partial charge in [-0.15, -0.1) is 11.3 Å². The molecule has 1 fully saturated rings. The van der Waals surface area contributed by atoms with Crippen molar-refractivity contribution in [3.05, 3.63) is 40.2 Å². The first-order chi connectivity index (χ1) is 14.1. The Hall–Kier alpha value is -2.25. The van der Waals surface area contributed by atoms with E-state index in [-0.39, 0.29) is 17.8 Å². The molecule has 0 aliphatic carbocycles. The molecule has 154 valence electrons. The van der Waals surface area contributed by atoms with E-state index in [1.165, 1.54) is 11.3 Å². The molecule has 0 atom stereocenters. The maximum Gasteiger partial charge on any atom is 0.309 e. The predicted molar refractivity (Wildman–Crippen MR) is 114 cm³/mol. The third kappa shape index (κ3) is 4.21. The Labute approximate surface area is 179 Å². The Balaban J connectivity index is 1.45. The standard InChI is InChI=1S/C21H23ClN2O4S/c1-2-27-21(26)14-7-9-23(10-8-14)20(25)18-5-6-19(29-18)24-11-12-28-17-4-3-15(22)13-16(17)24/h3-6,13-14H,2,7-12H2,1H3. The molecule has 29 heavy (non-hydrogen) atoms. The number of hydrogen-bond acceptors (Lipinski definition) is 6. The minimum atomic E-state index is -0.150. The normalized spacial score (nSPS) is 16.9. The number of carbonyl (C=O) groups is 2. The minimum Gasteiger partial charge on any atom is -0.490 e. The predicted octanol–water partition coefficient (Wildman–Crippen LogP) is 4.35. The molecule has 0 bridgehead atoms. The maximum absolute atomic E-state index is 13.0. The van der Waals surface area contributed by atoms with Gasteiger partial charge in [-0.05, 0) is 50.1 Å². The van der Waals surface area contributed by atoms with Crippen LogP contribution in [-0.2, 0) is 9.53 Å². The summed E-state index contributed by atoms with van der Waals surface area (Å²) in [7, 11) is 0. The van der Waals surface area contributed by atoms with Crippen molar-refractivity contribution in [1.29, 1.82) is 0 Å². The van der Waals surface area contributed by atoms with Gasteiger partial charge in [0.05, 0.1) is 34.6 Å². The van der Waals surface area contributed by atoms with Crippen LogP contribution in [0.1, 0.15) is 29.4 Å². The number of rotatable bonds is 4. The lowest BCUT2D eigenvalue weighted by Gasteiger charge is -2.31. The summed E-state index contributed by atoms with van der Waals surface area (Å²) in [4.78, 5) is 29.5. The van der Waals surface area contributed by atoms with Crippen molar-refractivity contribution in [3.63, 3.8) is 0 Å². The van der Waals surface area contributed by atoms with Gasteiger partial charge in [-0.1, -0.05) is 11.6 Å². The molecule has 4 rings (SSSR count). The lowest BCUT2D eigenvalue weighted by atomic mass is 9.97. The van der Waals surface area contributed by atoms with Crippen molar-refractivity contribution in [2.75, 3.05) is 37.7 Å². The number of thiophene rings is 1. The zero-order valence-electron chi connectivity index (χ0n) is 16.2.